The molecule has 1 unspecified atom stereocenters. The van der Waals surface area contributed by atoms with Gasteiger partial charge in [-0.15, -0.1) is 11.6 Å². The number of carbonyl (C=O) groups excluding carboxylic acids is 1. The quantitative estimate of drug-likeness (QED) is 0.344. The van der Waals surface area contributed by atoms with Crippen LogP contribution in [0, 0.1) is 0 Å². The summed E-state index contributed by atoms with van der Waals surface area (Å²) in [7, 11) is 0. The Balaban J connectivity index is 3.34. The molecule has 1 atom stereocenters. The van der Waals surface area contributed by atoms with E-state index in [1.807, 2.05) is 0 Å². The summed E-state index contributed by atoms with van der Waals surface area (Å²) in [5.74, 6) is 0.181. The molecule has 0 bridgehead atoms. The van der Waals surface area contributed by atoms with E-state index in [0.29, 0.717) is 5.88 Å². The van der Waals surface area contributed by atoms with E-state index < -0.39 is 0 Å². The molecular weight excluding hydrogens is 212 g/mol. The molecule has 0 heterocycles. The van der Waals surface area contributed by atoms with Crippen molar-refractivity contribution in [3.63, 3.8) is 0 Å². The molecule has 0 aliphatic heterocycles. The van der Waals surface area contributed by atoms with Gasteiger partial charge in [-0.25, -0.2) is 0 Å². The van der Waals surface area contributed by atoms with Gasteiger partial charge in [0.1, 0.15) is 6.10 Å². The summed E-state index contributed by atoms with van der Waals surface area (Å²) in [6.45, 7) is 3.64. The minimum Gasteiger partial charge on any atom is -0.461 e. The van der Waals surface area contributed by atoms with Gasteiger partial charge in [-0.2, -0.15) is 0 Å². The van der Waals surface area contributed by atoms with Crippen LogP contribution in [0.4, 0.5) is 0 Å². The van der Waals surface area contributed by atoms with Crippen LogP contribution in [0.1, 0.15) is 58.8 Å². The van der Waals surface area contributed by atoms with Gasteiger partial charge >= 0.3 is 5.97 Å². The fourth-order valence-corrected chi connectivity index (χ4v) is 1.77. The molecule has 0 aliphatic carbocycles. The molecular formula is C12H23ClO2. The second kappa shape index (κ2) is 10.3. The number of ether oxygens (including phenoxy) is 1. The van der Waals surface area contributed by atoms with E-state index in [1.165, 1.54) is 39.0 Å². The first-order valence-electron chi connectivity index (χ1n) is 5.93. The Morgan fingerprint density at radius 1 is 1.20 bits per heavy atom. The first kappa shape index (κ1) is 14.8. The first-order valence-corrected chi connectivity index (χ1v) is 6.47. The number of rotatable bonds is 9. The summed E-state index contributed by atoms with van der Waals surface area (Å²) in [6.07, 6.45) is 8.33. The van der Waals surface area contributed by atoms with Gasteiger partial charge in [-0.3, -0.25) is 4.79 Å². The highest BCUT2D eigenvalue weighted by Gasteiger charge is 2.09. The Labute approximate surface area is 98.3 Å². The molecule has 0 fully saturated rings. The Hall–Kier alpha value is -0.240. The molecule has 15 heavy (non-hydrogen) atoms. The van der Waals surface area contributed by atoms with E-state index in [1.54, 1.807) is 0 Å². The molecule has 0 aliphatic rings. The van der Waals surface area contributed by atoms with Crippen LogP contribution in [0.15, 0.2) is 0 Å². The molecule has 0 aromatic heterocycles. The van der Waals surface area contributed by atoms with Gasteiger partial charge in [0.05, 0.1) is 5.88 Å². The largest absolute Gasteiger partial charge is 0.461 e. The van der Waals surface area contributed by atoms with E-state index >= 15 is 0 Å². The number of unbranched alkanes of at least 4 members (excludes halogenated alkanes) is 5. The Bertz CT molecular complexity index is 160. The highest BCUT2D eigenvalue weighted by atomic mass is 35.5. The average molecular weight is 235 g/mol. The maximum atomic E-state index is 10.7. The molecule has 0 aromatic carbocycles. The zero-order chi connectivity index (χ0) is 11.5. The van der Waals surface area contributed by atoms with Crippen LogP contribution in [-0.2, 0) is 9.53 Å². The van der Waals surface area contributed by atoms with Crippen LogP contribution in [0.5, 0.6) is 0 Å². The normalized spacial score (nSPS) is 12.5. The summed E-state index contributed by atoms with van der Waals surface area (Å²) in [5.41, 5.74) is 0. The molecule has 3 heteroatoms. The lowest BCUT2D eigenvalue weighted by atomic mass is 10.1. The number of hydrogen-bond acceptors (Lipinski definition) is 2. The Morgan fingerprint density at radius 3 is 2.33 bits per heavy atom. The van der Waals surface area contributed by atoms with Gasteiger partial charge in [0, 0.05) is 6.92 Å². The second-order valence-corrected chi connectivity index (χ2v) is 4.25. The summed E-state index contributed by atoms with van der Waals surface area (Å²) in [4.78, 5) is 10.7. The monoisotopic (exact) mass is 234 g/mol. The van der Waals surface area contributed by atoms with Crippen LogP contribution in [0.25, 0.3) is 0 Å². The van der Waals surface area contributed by atoms with Crippen molar-refractivity contribution in [1.29, 1.82) is 0 Å². The van der Waals surface area contributed by atoms with E-state index in [4.69, 9.17) is 16.3 Å². The second-order valence-electron chi connectivity index (χ2n) is 3.94. The van der Waals surface area contributed by atoms with Crippen molar-refractivity contribution in [1.82, 2.24) is 0 Å². The molecule has 0 rings (SSSR count). The third-order valence-electron chi connectivity index (χ3n) is 2.38. The zero-order valence-electron chi connectivity index (χ0n) is 9.93. The fraction of sp³-hybridized carbons (Fsp3) is 0.917. The topological polar surface area (TPSA) is 26.3 Å². The minimum absolute atomic E-state index is 0.0876. The van der Waals surface area contributed by atoms with Crippen LogP contribution < -0.4 is 0 Å². The smallest absolute Gasteiger partial charge is 0.302 e. The lowest BCUT2D eigenvalue weighted by molar-refractivity contribution is -0.145. The van der Waals surface area contributed by atoms with Crippen LogP contribution in [0.2, 0.25) is 0 Å². The summed E-state index contributed by atoms with van der Waals surface area (Å²) < 4.78 is 5.06. The van der Waals surface area contributed by atoms with Crippen molar-refractivity contribution in [2.75, 3.05) is 5.88 Å². The fourth-order valence-electron chi connectivity index (χ4n) is 1.55. The van der Waals surface area contributed by atoms with Crippen LogP contribution in [-0.4, -0.2) is 18.0 Å². The van der Waals surface area contributed by atoms with Crippen molar-refractivity contribution in [2.45, 2.75) is 64.9 Å². The molecule has 0 saturated heterocycles. The molecule has 0 spiro atoms. The summed E-state index contributed by atoms with van der Waals surface area (Å²) >= 11 is 5.70. The Morgan fingerprint density at radius 2 is 1.80 bits per heavy atom. The molecule has 0 saturated carbocycles. The minimum atomic E-state index is -0.230. The average Bonchev–Trinajstić information content (AvgIpc) is 2.20. The van der Waals surface area contributed by atoms with E-state index in [2.05, 4.69) is 6.92 Å². The van der Waals surface area contributed by atoms with Crippen molar-refractivity contribution in [2.24, 2.45) is 0 Å². The molecule has 90 valence electrons. The SMILES string of the molecule is CCCCCCCCC(CCl)OC(C)=O. The number of carbonyl (C=O) groups is 1. The van der Waals surface area contributed by atoms with Crippen molar-refractivity contribution in [3.8, 4) is 0 Å². The van der Waals surface area contributed by atoms with Gasteiger partial charge in [-0.1, -0.05) is 39.0 Å². The molecule has 0 aromatic rings. The maximum absolute atomic E-state index is 10.7. The number of hydrogen-bond donors (Lipinski definition) is 0. The summed E-state index contributed by atoms with van der Waals surface area (Å²) in [5, 5.41) is 0. The van der Waals surface area contributed by atoms with Crippen LogP contribution >= 0.6 is 11.6 Å². The first-order chi connectivity index (χ1) is 7.20. The number of esters is 1. The lowest BCUT2D eigenvalue weighted by Gasteiger charge is -2.13. The van der Waals surface area contributed by atoms with E-state index in [-0.39, 0.29) is 12.1 Å². The van der Waals surface area contributed by atoms with Gasteiger partial charge in [0.2, 0.25) is 0 Å². The van der Waals surface area contributed by atoms with Gasteiger partial charge in [0.25, 0.3) is 0 Å². The van der Waals surface area contributed by atoms with Crippen molar-refractivity contribution >= 4 is 17.6 Å². The predicted molar refractivity (Wildman–Crippen MR) is 64.3 cm³/mol. The molecule has 0 amide bonds. The van der Waals surface area contributed by atoms with Crippen molar-refractivity contribution < 1.29 is 9.53 Å². The van der Waals surface area contributed by atoms with Crippen molar-refractivity contribution in [3.05, 3.63) is 0 Å². The molecule has 0 radical (unpaired) electrons. The molecule has 0 N–H and O–H groups in total. The lowest BCUT2D eigenvalue weighted by Crippen LogP contribution is -2.17. The van der Waals surface area contributed by atoms with E-state index in [0.717, 1.165) is 12.8 Å². The van der Waals surface area contributed by atoms with E-state index in [9.17, 15) is 4.79 Å². The highest BCUT2D eigenvalue weighted by molar-refractivity contribution is 6.18. The highest BCUT2D eigenvalue weighted by Crippen LogP contribution is 2.11. The number of alkyl halides is 1. The number of halogens is 1. The van der Waals surface area contributed by atoms with Gasteiger partial charge in [-0.05, 0) is 12.8 Å². The zero-order valence-corrected chi connectivity index (χ0v) is 10.7. The van der Waals surface area contributed by atoms with Crippen LogP contribution in [0.3, 0.4) is 0 Å². The standard InChI is InChI=1S/C12H23ClO2/c1-3-4-5-6-7-8-9-12(10-13)15-11(2)14/h12H,3-10H2,1-2H3. The van der Waals surface area contributed by atoms with Gasteiger partial charge < -0.3 is 4.74 Å². The molecule has 2 nitrogen and oxygen atoms in total. The third-order valence-corrected chi connectivity index (χ3v) is 2.73. The Kier molecular flexibility index (Phi) is 10.1. The van der Waals surface area contributed by atoms with Gasteiger partial charge in [0.15, 0.2) is 0 Å². The predicted octanol–water partition coefficient (Wildman–Crippen LogP) is 3.91. The maximum Gasteiger partial charge on any atom is 0.302 e. The summed E-state index contributed by atoms with van der Waals surface area (Å²) in [6, 6.07) is 0. The third kappa shape index (κ3) is 10.1.